The monoisotopic (exact) mass is 331 g/mol. The van der Waals surface area contributed by atoms with E-state index in [0.717, 1.165) is 24.8 Å². The van der Waals surface area contributed by atoms with Crippen LogP contribution >= 0.6 is 0 Å². The fraction of sp³-hybridized carbons (Fsp3) is 0.684. The van der Waals surface area contributed by atoms with Crippen LogP contribution in [0.2, 0.25) is 0 Å². The van der Waals surface area contributed by atoms with Crippen LogP contribution in [0.1, 0.15) is 51.0 Å². The maximum absolute atomic E-state index is 12.5. The zero-order valence-electron chi connectivity index (χ0n) is 14.6. The minimum atomic E-state index is 0.0154. The van der Waals surface area contributed by atoms with E-state index >= 15 is 0 Å². The molecule has 1 heterocycles. The van der Waals surface area contributed by atoms with Crippen LogP contribution < -0.4 is 5.32 Å². The molecule has 2 aliphatic carbocycles. The van der Waals surface area contributed by atoms with Crippen molar-refractivity contribution in [3.63, 3.8) is 0 Å². The molecule has 1 N–H and O–H groups in total. The molecule has 5 heteroatoms. The van der Waals surface area contributed by atoms with Gasteiger partial charge in [0.2, 0.25) is 0 Å². The Labute approximate surface area is 144 Å². The van der Waals surface area contributed by atoms with Gasteiger partial charge in [-0.3, -0.25) is 4.98 Å². The zero-order chi connectivity index (χ0) is 16.8. The average Bonchev–Trinajstić information content (AvgIpc) is 3.43. The van der Waals surface area contributed by atoms with Crippen LogP contribution in [0.15, 0.2) is 24.5 Å². The Morgan fingerprint density at radius 1 is 1.33 bits per heavy atom. The van der Waals surface area contributed by atoms with Crippen LogP contribution in [0.25, 0.3) is 0 Å². The molecule has 0 radical (unpaired) electrons. The number of hydrogen-bond acceptors (Lipinski definition) is 3. The number of nitrogens with one attached hydrogen (secondary N) is 1. The maximum atomic E-state index is 12.5. The number of nitrogens with zero attached hydrogens (tertiary/aromatic N) is 2. The van der Waals surface area contributed by atoms with Crippen LogP contribution in [0.5, 0.6) is 0 Å². The van der Waals surface area contributed by atoms with Gasteiger partial charge in [-0.1, -0.05) is 25.8 Å². The van der Waals surface area contributed by atoms with E-state index in [-0.39, 0.29) is 6.03 Å². The summed E-state index contributed by atoms with van der Waals surface area (Å²) in [6.45, 7) is 4.08. The zero-order valence-corrected chi connectivity index (χ0v) is 14.6. The molecule has 0 bridgehead atoms. The highest BCUT2D eigenvalue weighted by atomic mass is 16.5. The van der Waals surface area contributed by atoms with Crippen LogP contribution in [0.4, 0.5) is 4.79 Å². The minimum absolute atomic E-state index is 0.0154. The van der Waals surface area contributed by atoms with Crippen LogP contribution in [-0.4, -0.2) is 41.2 Å². The Bertz CT molecular complexity index is 519. The molecule has 2 amide bonds. The summed E-state index contributed by atoms with van der Waals surface area (Å²) in [5.74, 6) is 0.642. The minimum Gasteiger partial charge on any atom is -0.376 e. The molecule has 2 fully saturated rings. The third-order valence-electron chi connectivity index (χ3n) is 5.07. The Balaban J connectivity index is 1.41. The number of ether oxygens (including phenoxy) is 1. The lowest BCUT2D eigenvalue weighted by atomic mass is 9.88. The van der Waals surface area contributed by atoms with Crippen LogP contribution in [0, 0.1) is 5.92 Å². The van der Waals surface area contributed by atoms with E-state index < -0.39 is 0 Å². The summed E-state index contributed by atoms with van der Waals surface area (Å²) >= 11 is 0. The van der Waals surface area contributed by atoms with Crippen LogP contribution in [0.3, 0.4) is 0 Å². The van der Waals surface area contributed by atoms with Gasteiger partial charge in [0.1, 0.15) is 0 Å². The number of aromatic nitrogens is 1. The lowest BCUT2D eigenvalue weighted by Gasteiger charge is -2.29. The second kappa shape index (κ2) is 8.47. The quantitative estimate of drug-likeness (QED) is 0.780. The lowest BCUT2D eigenvalue weighted by Crippen LogP contribution is -2.42. The summed E-state index contributed by atoms with van der Waals surface area (Å²) in [4.78, 5) is 18.5. The predicted molar refractivity (Wildman–Crippen MR) is 93.6 cm³/mol. The van der Waals surface area contributed by atoms with E-state index in [4.69, 9.17) is 4.74 Å². The molecule has 0 saturated heterocycles. The summed E-state index contributed by atoms with van der Waals surface area (Å²) in [5, 5.41) is 3.02. The normalized spacial score (nSPS) is 23.7. The first kappa shape index (κ1) is 17.2. The third kappa shape index (κ3) is 4.94. The highest BCUT2D eigenvalue weighted by Crippen LogP contribution is 2.28. The van der Waals surface area contributed by atoms with E-state index in [0.29, 0.717) is 37.8 Å². The molecule has 3 rings (SSSR count). The van der Waals surface area contributed by atoms with Gasteiger partial charge in [-0.2, -0.15) is 0 Å². The SMILES string of the molecule is C[C@@H]1CCCC[C@@H]1OCCNC(=O)N(Cc1cccnc1)C1CC1. The van der Waals surface area contributed by atoms with Gasteiger partial charge in [0, 0.05) is 31.5 Å². The van der Waals surface area contributed by atoms with Crippen molar-refractivity contribution in [2.75, 3.05) is 13.2 Å². The van der Waals surface area contributed by atoms with Gasteiger partial charge >= 0.3 is 6.03 Å². The molecule has 0 aliphatic heterocycles. The van der Waals surface area contributed by atoms with Crippen molar-refractivity contribution >= 4 is 6.03 Å². The van der Waals surface area contributed by atoms with Gasteiger partial charge in [-0.25, -0.2) is 4.79 Å². The molecule has 0 unspecified atom stereocenters. The molecule has 5 nitrogen and oxygen atoms in total. The summed E-state index contributed by atoms with van der Waals surface area (Å²) in [6.07, 6.45) is 11.2. The van der Waals surface area contributed by atoms with Crippen molar-refractivity contribution in [1.29, 1.82) is 0 Å². The fourth-order valence-electron chi connectivity index (χ4n) is 3.44. The van der Waals surface area contributed by atoms with Gasteiger partial charge in [-0.15, -0.1) is 0 Å². The first-order valence-electron chi connectivity index (χ1n) is 9.29. The molecule has 1 aromatic rings. The lowest BCUT2D eigenvalue weighted by molar-refractivity contribution is -0.00275. The standard InChI is InChI=1S/C19H29N3O2/c1-15-5-2-3-7-18(15)24-12-11-21-19(23)22(17-8-9-17)14-16-6-4-10-20-13-16/h4,6,10,13,15,17-18H,2-3,5,7-9,11-12,14H2,1H3,(H,21,23)/t15-,18+/m1/s1. The number of carbonyl (C=O) groups is 1. The highest BCUT2D eigenvalue weighted by molar-refractivity contribution is 5.74. The number of hydrogen-bond donors (Lipinski definition) is 1. The number of amides is 2. The third-order valence-corrected chi connectivity index (χ3v) is 5.07. The molecule has 2 saturated carbocycles. The Morgan fingerprint density at radius 3 is 2.88 bits per heavy atom. The van der Waals surface area contributed by atoms with Gasteiger partial charge in [-0.05, 0) is 43.2 Å². The van der Waals surface area contributed by atoms with Gasteiger partial charge in [0.05, 0.1) is 12.7 Å². The predicted octanol–water partition coefficient (Wildman–Crippen LogP) is 3.35. The van der Waals surface area contributed by atoms with Gasteiger partial charge < -0.3 is 15.0 Å². The molecule has 0 spiro atoms. The first-order chi connectivity index (χ1) is 11.7. The molecule has 2 atom stereocenters. The second-order valence-electron chi connectivity index (χ2n) is 7.12. The second-order valence-corrected chi connectivity index (χ2v) is 7.12. The summed E-state index contributed by atoms with van der Waals surface area (Å²) in [5.41, 5.74) is 1.08. The molecule has 24 heavy (non-hydrogen) atoms. The molecular formula is C19H29N3O2. The number of rotatable bonds is 7. The maximum Gasteiger partial charge on any atom is 0.318 e. The van der Waals surface area contributed by atoms with E-state index in [1.807, 2.05) is 23.2 Å². The number of carbonyl (C=O) groups excluding carboxylic acids is 1. The van der Waals surface area contributed by atoms with Gasteiger partial charge in [0.25, 0.3) is 0 Å². The van der Waals surface area contributed by atoms with Crippen molar-refractivity contribution in [3.05, 3.63) is 30.1 Å². The highest BCUT2D eigenvalue weighted by Gasteiger charge is 2.32. The smallest absolute Gasteiger partial charge is 0.318 e. The molecule has 2 aliphatic rings. The number of pyridine rings is 1. The van der Waals surface area contributed by atoms with Crippen LogP contribution in [-0.2, 0) is 11.3 Å². The average molecular weight is 331 g/mol. The molecule has 0 aromatic carbocycles. The van der Waals surface area contributed by atoms with E-state index in [1.165, 1.54) is 19.3 Å². The van der Waals surface area contributed by atoms with Crippen molar-refractivity contribution < 1.29 is 9.53 Å². The summed E-state index contributed by atoms with van der Waals surface area (Å²) < 4.78 is 5.98. The Morgan fingerprint density at radius 2 is 2.17 bits per heavy atom. The van der Waals surface area contributed by atoms with Crippen molar-refractivity contribution in [3.8, 4) is 0 Å². The van der Waals surface area contributed by atoms with Gasteiger partial charge in [0.15, 0.2) is 0 Å². The topological polar surface area (TPSA) is 54.5 Å². The van der Waals surface area contributed by atoms with Crippen molar-refractivity contribution in [2.45, 2.75) is 64.1 Å². The summed E-state index contributed by atoms with van der Waals surface area (Å²) in [6, 6.07) is 4.33. The summed E-state index contributed by atoms with van der Waals surface area (Å²) in [7, 11) is 0. The largest absolute Gasteiger partial charge is 0.376 e. The van der Waals surface area contributed by atoms with Crippen molar-refractivity contribution in [2.24, 2.45) is 5.92 Å². The van der Waals surface area contributed by atoms with E-state index in [1.54, 1.807) is 6.20 Å². The molecular weight excluding hydrogens is 302 g/mol. The molecule has 1 aromatic heterocycles. The first-order valence-corrected chi connectivity index (χ1v) is 9.29. The molecule has 132 valence electrons. The van der Waals surface area contributed by atoms with Crippen molar-refractivity contribution in [1.82, 2.24) is 15.2 Å². The number of urea groups is 1. The van der Waals surface area contributed by atoms with E-state index in [9.17, 15) is 4.79 Å². The van der Waals surface area contributed by atoms with E-state index in [2.05, 4.69) is 17.2 Å². The Hall–Kier alpha value is -1.62. The fourth-order valence-corrected chi connectivity index (χ4v) is 3.44. The Kier molecular flexibility index (Phi) is 6.07.